The summed E-state index contributed by atoms with van der Waals surface area (Å²) in [6.07, 6.45) is 2.36. The van der Waals surface area contributed by atoms with E-state index in [1.165, 1.54) is 0 Å². The summed E-state index contributed by atoms with van der Waals surface area (Å²) >= 11 is 6.32. The van der Waals surface area contributed by atoms with Crippen LogP contribution in [-0.2, 0) is 0 Å². The van der Waals surface area contributed by atoms with Gasteiger partial charge in [0.15, 0.2) is 0 Å². The highest BCUT2D eigenvalue weighted by atomic mass is 35.5. The van der Waals surface area contributed by atoms with E-state index in [1.54, 1.807) is 17.2 Å². The van der Waals surface area contributed by atoms with E-state index >= 15 is 0 Å². The van der Waals surface area contributed by atoms with Crippen LogP contribution in [0.2, 0.25) is 5.02 Å². The fourth-order valence-electron chi connectivity index (χ4n) is 2.93. The number of nitrogens with one attached hydrogen (secondary N) is 1. The van der Waals surface area contributed by atoms with Gasteiger partial charge in [0.2, 0.25) is 0 Å². The fraction of sp³-hybridized carbons (Fsp3) is 0.263. The van der Waals surface area contributed by atoms with Gasteiger partial charge in [0.25, 0.3) is 5.91 Å². The van der Waals surface area contributed by atoms with Gasteiger partial charge < -0.3 is 16.0 Å². The molecule has 1 aromatic carbocycles. The molecule has 0 spiro atoms. The second kappa shape index (κ2) is 7.15. The maximum absolute atomic E-state index is 12.9. The lowest BCUT2D eigenvalue weighted by Crippen LogP contribution is -2.45. The van der Waals surface area contributed by atoms with Gasteiger partial charge in [-0.25, -0.2) is 4.98 Å². The minimum atomic E-state index is -0.0963. The van der Waals surface area contributed by atoms with Gasteiger partial charge >= 0.3 is 0 Å². The number of halogens is 1. The molecule has 5 nitrogen and oxygen atoms in total. The van der Waals surface area contributed by atoms with Crippen molar-refractivity contribution in [3.05, 3.63) is 70.1 Å². The quantitative estimate of drug-likeness (QED) is 0.882. The first-order valence-electron chi connectivity index (χ1n) is 8.19. The molecule has 1 amide bonds. The maximum atomic E-state index is 12.9. The van der Waals surface area contributed by atoms with E-state index in [-0.39, 0.29) is 11.9 Å². The average Bonchev–Trinajstić information content (AvgIpc) is 2.60. The van der Waals surface area contributed by atoms with Crippen LogP contribution in [-0.4, -0.2) is 28.4 Å². The summed E-state index contributed by atoms with van der Waals surface area (Å²) in [6, 6.07) is 11.1. The molecule has 0 saturated carbocycles. The Morgan fingerprint density at radius 3 is 2.84 bits per heavy atom. The van der Waals surface area contributed by atoms with E-state index in [0.29, 0.717) is 29.2 Å². The van der Waals surface area contributed by atoms with Crippen molar-refractivity contribution in [2.45, 2.75) is 26.3 Å². The molecule has 130 valence electrons. The lowest BCUT2D eigenvalue weighted by molar-refractivity contribution is 0.0697. The van der Waals surface area contributed by atoms with Crippen LogP contribution in [0.15, 0.2) is 54.0 Å². The number of hydrogen-bond donors (Lipinski definition) is 2. The molecule has 0 radical (unpaired) electrons. The molecule has 2 aromatic rings. The van der Waals surface area contributed by atoms with E-state index in [4.69, 9.17) is 17.3 Å². The molecular formula is C19H21ClN4O. The summed E-state index contributed by atoms with van der Waals surface area (Å²) in [4.78, 5) is 18.9. The van der Waals surface area contributed by atoms with Gasteiger partial charge in [-0.15, -0.1) is 0 Å². The Labute approximate surface area is 152 Å². The lowest BCUT2D eigenvalue weighted by atomic mass is 10.0. The molecule has 0 aliphatic carbocycles. The summed E-state index contributed by atoms with van der Waals surface area (Å²) in [6.45, 7) is 4.26. The number of pyridine rings is 1. The monoisotopic (exact) mass is 356 g/mol. The van der Waals surface area contributed by atoms with Crippen LogP contribution in [0.4, 0.5) is 5.82 Å². The third-order valence-electron chi connectivity index (χ3n) is 4.39. The molecule has 6 heteroatoms. The molecule has 0 fully saturated rings. The first kappa shape index (κ1) is 17.3. The Morgan fingerprint density at radius 2 is 2.12 bits per heavy atom. The number of benzene rings is 1. The van der Waals surface area contributed by atoms with Crippen molar-refractivity contribution in [2.24, 2.45) is 5.73 Å². The number of anilines is 1. The predicted molar refractivity (Wildman–Crippen MR) is 100 cm³/mol. The molecular weight excluding hydrogens is 336 g/mol. The van der Waals surface area contributed by atoms with Crippen LogP contribution < -0.4 is 11.1 Å². The first-order chi connectivity index (χ1) is 12.0. The van der Waals surface area contributed by atoms with E-state index in [0.717, 1.165) is 17.1 Å². The number of aromatic nitrogens is 1. The van der Waals surface area contributed by atoms with E-state index < -0.39 is 0 Å². The van der Waals surface area contributed by atoms with Crippen LogP contribution >= 0.6 is 11.6 Å². The fourth-order valence-corrected chi connectivity index (χ4v) is 3.14. The number of carbonyl (C=O) groups excluding carboxylic acids is 1. The van der Waals surface area contributed by atoms with Crippen molar-refractivity contribution in [2.75, 3.05) is 11.9 Å². The van der Waals surface area contributed by atoms with Gasteiger partial charge in [-0.05, 0) is 37.6 Å². The SMILES string of the molecule is Cc1cccc(C(=O)N2CC(N)=C(Nc3ccccn3)CC2C)c1Cl. The molecule has 2 heterocycles. The smallest absolute Gasteiger partial charge is 0.255 e. The Morgan fingerprint density at radius 1 is 1.32 bits per heavy atom. The predicted octanol–water partition coefficient (Wildman–Crippen LogP) is 3.56. The van der Waals surface area contributed by atoms with Crippen LogP contribution in [0.3, 0.4) is 0 Å². The van der Waals surface area contributed by atoms with Crippen molar-refractivity contribution < 1.29 is 4.79 Å². The zero-order chi connectivity index (χ0) is 18.0. The van der Waals surface area contributed by atoms with Crippen molar-refractivity contribution in [3.8, 4) is 0 Å². The van der Waals surface area contributed by atoms with E-state index in [1.807, 2.05) is 44.2 Å². The molecule has 1 aromatic heterocycles. The first-order valence-corrected chi connectivity index (χ1v) is 8.56. The highest BCUT2D eigenvalue weighted by Gasteiger charge is 2.29. The summed E-state index contributed by atoms with van der Waals surface area (Å²) < 4.78 is 0. The summed E-state index contributed by atoms with van der Waals surface area (Å²) in [5, 5.41) is 3.76. The van der Waals surface area contributed by atoms with Gasteiger partial charge in [0.1, 0.15) is 5.82 Å². The molecule has 3 N–H and O–H groups in total. The Bertz CT molecular complexity index is 819. The number of hydrogen-bond acceptors (Lipinski definition) is 4. The van der Waals surface area contributed by atoms with Crippen LogP contribution in [0.25, 0.3) is 0 Å². The maximum Gasteiger partial charge on any atom is 0.255 e. The third kappa shape index (κ3) is 3.61. The zero-order valence-corrected chi connectivity index (χ0v) is 15.0. The van der Waals surface area contributed by atoms with Crippen LogP contribution in [0, 0.1) is 6.92 Å². The Balaban J connectivity index is 1.81. The van der Waals surface area contributed by atoms with Gasteiger partial charge in [0, 0.05) is 30.1 Å². The van der Waals surface area contributed by atoms with Gasteiger partial charge in [0.05, 0.1) is 17.1 Å². The largest absolute Gasteiger partial charge is 0.399 e. The molecule has 1 atom stereocenters. The third-order valence-corrected chi connectivity index (χ3v) is 4.89. The number of nitrogens with zero attached hydrogens (tertiary/aromatic N) is 2. The van der Waals surface area contributed by atoms with Crippen molar-refractivity contribution >= 4 is 23.3 Å². The second-order valence-corrected chi connectivity index (χ2v) is 6.64. The Hall–Kier alpha value is -2.53. The van der Waals surface area contributed by atoms with Crippen LogP contribution in [0.1, 0.15) is 29.3 Å². The number of amides is 1. The molecule has 1 unspecified atom stereocenters. The highest BCUT2D eigenvalue weighted by molar-refractivity contribution is 6.34. The van der Waals surface area contributed by atoms with Gasteiger partial charge in [-0.2, -0.15) is 0 Å². The normalized spacial score (nSPS) is 17.6. The zero-order valence-electron chi connectivity index (χ0n) is 14.3. The van der Waals surface area contributed by atoms with Gasteiger partial charge in [-0.1, -0.05) is 29.8 Å². The second-order valence-electron chi connectivity index (χ2n) is 6.27. The van der Waals surface area contributed by atoms with E-state index in [2.05, 4.69) is 10.3 Å². The van der Waals surface area contributed by atoms with Crippen LogP contribution in [0.5, 0.6) is 0 Å². The summed E-state index contributed by atoms with van der Waals surface area (Å²) in [5.74, 6) is 0.648. The summed E-state index contributed by atoms with van der Waals surface area (Å²) in [7, 11) is 0. The molecule has 1 aliphatic heterocycles. The van der Waals surface area contributed by atoms with Gasteiger partial charge in [-0.3, -0.25) is 4.79 Å². The lowest BCUT2D eigenvalue weighted by Gasteiger charge is -2.35. The summed E-state index contributed by atoms with van der Waals surface area (Å²) in [5.41, 5.74) is 9.18. The molecule has 3 rings (SSSR count). The van der Waals surface area contributed by atoms with E-state index in [9.17, 15) is 4.79 Å². The Kier molecular flexibility index (Phi) is 4.95. The number of rotatable bonds is 3. The average molecular weight is 357 g/mol. The molecule has 25 heavy (non-hydrogen) atoms. The minimum absolute atomic E-state index is 0.00240. The standard InChI is InChI=1S/C19H21ClN4O/c1-12-6-5-7-14(18(12)20)19(25)24-11-15(21)16(10-13(24)2)23-17-8-3-4-9-22-17/h3-9,13H,10-11,21H2,1-2H3,(H,22,23). The number of aryl methyl sites for hydroxylation is 1. The molecule has 1 aliphatic rings. The minimum Gasteiger partial charge on any atom is -0.399 e. The highest BCUT2D eigenvalue weighted by Crippen LogP contribution is 2.27. The topological polar surface area (TPSA) is 71.2 Å². The number of nitrogens with two attached hydrogens (primary N) is 1. The molecule has 0 bridgehead atoms. The van der Waals surface area contributed by atoms with Crippen molar-refractivity contribution in [1.29, 1.82) is 0 Å². The number of carbonyl (C=O) groups is 1. The van der Waals surface area contributed by atoms with Crippen molar-refractivity contribution in [3.63, 3.8) is 0 Å². The molecule has 0 saturated heterocycles. The van der Waals surface area contributed by atoms with Crippen molar-refractivity contribution in [1.82, 2.24) is 9.88 Å².